The monoisotopic (exact) mass is 414 g/mol. The normalized spacial score (nSPS) is 10.9. The molecule has 0 fully saturated rings. The Morgan fingerprint density at radius 1 is 0.871 bits per heavy atom. The summed E-state index contributed by atoms with van der Waals surface area (Å²) in [4.78, 5) is 10.8. The van der Waals surface area contributed by atoms with Crippen molar-refractivity contribution in [2.45, 2.75) is 19.8 Å². The van der Waals surface area contributed by atoms with Crippen LogP contribution in [-0.2, 0) is 11.2 Å². The van der Waals surface area contributed by atoms with Crippen molar-refractivity contribution >= 4 is 16.7 Å². The minimum Gasteiger partial charge on any atom is -0.508 e. The lowest BCUT2D eigenvalue weighted by atomic mass is 9.94. The number of carboxylic acid groups (broad SMARTS) is 1. The van der Waals surface area contributed by atoms with Crippen molar-refractivity contribution in [3.05, 3.63) is 83.9 Å². The Bertz CT molecular complexity index is 1240. The molecular formula is C26H22O5. The number of phenols is 2. The number of benzene rings is 4. The fraction of sp³-hybridized carbons (Fsp3) is 0.115. The van der Waals surface area contributed by atoms with Gasteiger partial charge in [-0.3, -0.25) is 4.79 Å². The van der Waals surface area contributed by atoms with E-state index in [9.17, 15) is 15.0 Å². The van der Waals surface area contributed by atoms with Crippen LogP contribution >= 0.6 is 0 Å². The van der Waals surface area contributed by atoms with Crippen LogP contribution in [0.15, 0.2) is 72.8 Å². The van der Waals surface area contributed by atoms with E-state index in [-0.39, 0.29) is 17.9 Å². The first-order valence-electron chi connectivity index (χ1n) is 9.95. The highest BCUT2D eigenvalue weighted by Gasteiger charge is 2.16. The minimum atomic E-state index is -0.829. The highest BCUT2D eigenvalue weighted by atomic mass is 16.5. The molecule has 0 heterocycles. The molecule has 0 aromatic heterocycles. The summed E-state index contributed by atoms with van der Waals surface area (Å²) in [7, 11) is 0. The first kappa shape index (κ1) is 20.3. The Morgan fingerprint density at radius 2 is 1.55 bits per heavy atom. The average Bonchev–Trinajstić information content (AvgIpc) is 2.75. The van der Waals surface area contributed by atoms with E-state index in [2.05, 4.69) is 0 Å². The topological polar surface area (TPSA) is 87.0 Å². The van der Waals surface area contributed by atoms with E-state index in [1.54, 1.807) is 24.3 Å². The van der Waals surface area contributed by atoms with E-state index < -0.39 is 5.97 Å². The van der Waals surface area contributed by atoms with Crippen LogP contribution in [-0.4, -0.2) is 21.3 Å². The molecule has 4 aromatic carbocycles. The second-order valence-corrected chi connectivity index (χ2v) is 7.49. The van der Waals surface area contributed by atoms with E-state index in [0.717, 1.165) is 33.0 Å². The standard InChI is InChI=1S/C26H22O5/c1-16-14-19-7-10-21(28)15-23(19)26(25(16)18-5-8-20(27)9-6-18)31-22-11-2-17(3-12-22)4-13-24(29)30/h2-3,5-12,14-15,27-28H,4,13H2,1H3,(H,29,30). The van der Waals surface area contributed by atoms with Gasteiger partial charge in [0.05, 0.1) is 0 Å². The zero-order valence-electron chi connectivity index (χ0n) is 17.0. The molecular weight excluding hydrogens is 392 g/mol. The molecule has 31 heavy (non-hydrogen) atoms. The number of ether oxygens (including phenoxy) is 1. The number of aliphatic carboxylic acids is 1. The van der Waals surface area contributed by atoms with Crippen LogP contribution in [0.5, 0.6) is 23.0 Å². The largest absolute Gasteiger partial charge is 0.508 e. The average molecular weight is 414 g/mol. The van der Waals surface area contributed by atoms with Crippen LogP contribution < -0.4 is 4.74 Å². The number of aromatic hydroxyl groups is 2. The summed E-state index contributed by atoms with van der Waals surface area (Å²) in [5.41, 5.74) is 3.67. The molecule has 0 amide bonds. The highest BCUT2D eigenvalue weighted by Crippen LogP contribution is 2.43. The molecule has 0 aliphatic heterocycles. The number of carboxylic acids is 1. The van der Waals surface area contributed by atoms with E-state index >= 15 is 0 Å². The molecule has 0 radical (unpaired) electrons. The Kier molecular flexibility index (Phi) is 5.50. The predicted octanol–water partition coefficient (Wildman–Crippen LogP) is 6.04. The van der Waals surface area contributed by atoms with Crippen LogP contribution in [0.4, 0.5) is 0 Å². The van der Waals surface area contributed by atoms with Gasteiger partial charge in [0.1, 0.15) is 23.0 Å². The quantitative estimate of drug-likeness (QED) is 0.358. The van der Waals surface area contributed by atoms with Gasteiger partial charge in [-0.2, -0.15) is 0 Å². The van der Waals surface area contributed by atoms with E-state index in [4.69, 9.17) is 9.84 Å². The lowest BCUT2D eigenvalue weighted by molar-refractivity contribution is -0.136. The van der Waals surface area contributed by atoms with Gasteiger partial charge in [-0.05, 0) is 71.8 Å². The summed E-state index contributed by atoms with van der Waals surface area (Å²) in [6.07, 6.45) is 0.530. The van der Waals surface area contributed by atoms with E-state index in [1.807, 2.05) is 55.5 Å². The van der Waals surface area contributed by atoms with Crippen LogP contribution in [0.1, 0.15) is 17.5 Å². The molecule has 0 spiro atoms. The fourth-order valence-corrected chi connectivity index (χ4v) is 3.67. The van der Waals surface area contributed by atoms with Gasteiger partial charge in [-0.25, -0.2) is 0 Å². The molecule has 156 valence electrons. The second kappa shape index (κ2) is 8.40. The summed E-state index contributed by atoms with van der Waals surface area (Å²) in [5.74, 6) is 0.704. The van der Waals surface area contributed by atoms with Gasteiger partial charge in [-0.1, -0.05) is 36.4 Å². The molecule has 0 bridgehead atoms. The molecule has 5 nitrogen and oxygen atoms in total. The maximum absolute atomic E-state index is 10.8. The van der Waals surface area contributed by atoms with Crippen molar-refractivity contribution in [1.29, 1.82) is 0 Å². The van der Waals surface area contributed by atoms with Crippen molar-refractivity contribution in [2.24, 2.45) is 0 Å². The maximum Gasteiger partial charge on any atom is 0.303 e. The molecule has 0 aliphatic carbocycles. The van der Waals surface area contributed by atoms with Gasteiger partial charge in [0.15, 0.2) is 0 Å². The summed E-state index contributed by atoms with van der Waals surface area (Å²) < 4.78 is 6.33. The third kappa shape index (κ3) is 4.46. The van der Waals surface area contributed by atoms with Crippen LogP contribution in [0.3, 0.4) is 0 Å². The SMILES string of the molecule is Cc1cc2ccc(O)cc2c(Oc2ccc(CCC(=O)O)cc2)c1-c1ccc(O)cc1. The number of carbonyl (C=O) groups is 1. The Morgan fingerprint density at radius 3 is 2.23 bits per heavy atom. The van der Waals surface area contributed by atoms with Gasteiger partial charge in [0.25, 0.3) is 0 Å². The Balaban J connectivity index is 1.81. The lowest BCUT2D eigenvalue weighted by Gasteiger charge is -2.18. The molecule has 0 saturated carbocycles. The molecule has 4 aromatic rings. The highest BCUT2D eigenvalue weighted by molar-refractivity contribution is 5.97. The molecule has 0 unspecified atom stereocenters. The number of hydrogen-bond donors (Lipinski definition) is 3. The molecule has 4 rings (SSSR count). The summed E-state index contributed by atoms with van der Waals surface area (Å²) in [6.45, 7) is 2.00. The zero-order valence-corrected chi connectivity index (χ0v) is 17.0. The van der Waals surface area contributed by atoms with E-state index in [0.29, 0.717) is 17.9 Å². The molecule has 0 aliphatic rings. The van der Waals surface area contributed by atoms with Crippen LogP contribution in [0.2, 0.25) is 0 Å². The fourth-order valence-electron chi connectivity index (χ4n) is 3.67. The van der Waals surface area contributed by atoms with Gasteiger partial charge in [0.2, 0.25) is 0 Å². The summed E-state index contributed by atoms with van der Waals surface area (Å²) in [5, 5.41) is 30.4. The first-order chi connectivity index (χ1) is 14.9. The van der Waals surface area contributed by atoms with Crippen molar-refractivity contribution in [3.8, 4) is 34.1 Å². The third-order valence-electron chi connectivity index (χ3n) is 5.20. The number of phenolic OH excluding ortho intramolecular Hbond substituents is 2. The van der Waals surface area contributed by atoms with Crippen molar-refractivity contribution < 1.29 is 24.9 Å². The molecule has 5 heteroatoms. The van der Waals surface area contributed by atoms with Crippen LogP contribution in [0.25, 0.3) is 21.9 Å². The predicted molar refractivity (Wildman–Crippen MR) is 120 cm³/mol. The molecule has 3 N–H and O–H groups in total. The number of hydrogen-bond acceptors (Lipinski definition) is 4. The Labute approximate surface area is 179 Å². The molecule has 0 saturated heterocycles. The summed E-state index contributed by atoms with van der Waals surface area (Å²) in [6, 6.07) is 21.5. The lowest BCUT2D eigenvalue weighted by Crippen LogP contribution is -1.97. The van der Waals surface area contributed by atoms with Crippen LogP contribution in [0, 0.1) is 6.92 Å². The number of rotatable bonds is 6. The number of fused-ring (bicyclic) bond motifs is 1. The second-order valence-electron chi connectivity index (χ2n) is 7.49. The maximum atomic E-state index is 10.8. The third-order valence-corrected chi connectivity index (χ3v) is 5.20. The van der Waals surface area contributed by atoms with Gasteiger partial charge < -0.3 is 20.1 Å². The smallest absolute Gasteiger partial charge is 0.303 e. The zero-order chi connectivity index (χ0) is 22.0. The Hall–Kier alpha value is -3.99. The summed E-state index contributed by atoms with van der Waals surface area (Å²) >= 11 is 0. The van der Waals surface area contributed by atoms with Gasteiger partial charge in [0, 0.05) is 17.4 Å². The van der Waals surface area contributed by atoms with Crippen molar-refractivity contribution in [1.82, 2.24) is 0 Å². The van der Waals surface area contributed by atoms with Crippen molar-refractivity contribution in [3.63, 3.8) is 0 Å². The van der Waals surface area contributed by atoms with E-state index in [1.165, 1.54) is 0 Å². The van der Waals surface area contributed by atoms with Gasteiger partial charge >= 0.3 is 5.97 Å². The van der Waals surface area contributed by atoms with Gasteiger partial charge in [-0.15, -0.1) is 0 Å². The molecule has 0 atom stereocenters. The minimum absolute atomic E-state index is 0.0764. The van der Waals surface area contributed by atoms with Crippen molar-refractivity contribution in [2.75, 3.05) is 0 Å². The number of aryl methyl sites for hydroxylation is 2. The first-order valence-corrected chi connectivity index (χ1v) is 9.95.